The average molecular weight is 490 g/mol. The van der Waals surface area contributed by atoms with Gasteiger partial charge in [0.2, 0.25) is 5.91 Å². The van der Waals surface area contributed by atoms with Crippen LogP contribution in [-0.4, -0.2) is 53.0 Å². The van der Waals surface area contributed by atoms with Crippen molar-refractivity contribution in [2.75, 3.05) is 26.8 Å². The van der Waals surface area contributed by atoms with Gasteiger partial charge in [-0.1, -0.05) is 62.2 Å². The van der Waals surface area contributed by atoms with Crippen molar-refractivity contribution in [1.82, 2.24) is 14.4 Å². The third-order valence-electron chi connectivity index (χ3n) is 6.42. The van der Waals surface area contributed by atoms with E-state index in [9.17, 15) is 9.59 Å². The molecule has 0 spiro atoms. The van der Waals surface area contributed by atoms with Gasteiger partial charge in [-0.15, -0.1) is 0 Å². The second kappa shape index (κ2) is 14.2. The predicted molar refractivity (Wildman–Crippen MR) is 144 cm³/mol. The number of amides is 2. The molecule has 2 amide bonds. The fourth-order valence-corrected chi connectivity index (χ4v) is 4.19. The van der Waals surface area contributed by atoms with Crippen molar-refractivity contribution in [3.63, 3.8) is 0 Å². The maximum absolute atomic E-state index is 13.6. The maximum Gasteiger partial charge on any atom is 0.254 e. The first-order valence-corrected chi connectivity index (χ1v) is 12.8. The zero-order chi connectivity index (χ0) is 25.8. The number of hydrogen-bond donors (Lipinski definition) is 0. The average Bonchev–Trinajstić information content (AvgIpc) is 3.31. The van der Waals surface area contributed by atoms with Crippen LogP contribution in [0.3, 0.4) is 0 Å². The number of rotatable bonds is 14. The fraction of sp³-hybridized carbons (Fsp3) is 0.400. The van der Waals surface area contributed by atoms with Gasteiger partial charge in [0.25, 0.3) is 5.91 Å². The van der Waals surface area contributed by atoms with E-state index in [1.807, 2.05) is 89.4 Å². The van der Waals surface area contributed by atoms with E-state index >= 15 is 0 Å². The summed E-state index contributed by atoms with van der Waals surface area (Å²) in [6.45, 7) is 3.85. The molecule has 2 aromatic carbocycles. The topological polar surface area (TPSA) is 54.8 Å². The molecule has 192 valence electrons. The third kappa shape index (κ3) is 8.09. The Morgan fingerprint density at radius 1 is 0.861 bits per heavy atom. The van der Waals surface area contributed by atoms with Gasteiger partial charge >= 0.3 is 0 Å². The summed E-state index contributed by atoms with van der Waals surface area (Å²) in [5, 5.41) is 0. The van der Waals surface area contributed by atoms with Crippen LogP contribution in [0.2, 0.25) is 0 Å². The first-order valence-electron chi connectivity index (χ1n) is 12.8. The van der Waals surface area contributed by atoms with Crippen LogP contribution in [0.15, 0.2) is 72.9 Å². The monoisotopic (exact) mass is 489 g/mol. The van der Waals surface area contributed by atoms with Gasteiger partial charge in [-0.3, -0.25) is 9.59 Å². The van der Waals surface area contributed by atoms with E-state index < -0.39 is 0 Å². The predicted octanol–water partition coefficient (Wildman–Crippen LogP) is 5.08. The Balaban J connectivity index is 1.75. The molecule has 6 heteroatoms. The molecule has 0 saturated carbocycles. The molecule has 3 aromatic rings. The Kier molecular flexibility index (Phi) is 10.8. The lowest BCUT2D eigenvalue weighted by molar-refractivity contribution is -0.133. The van der Waals surface area contributed by atoms with Gasteiger partial charge in [0, 0.05) is 44.7 Å². The lowest BCUT2D eigenvalue weighted by atomic mass is 10.0. The summed E-state index contributed by atoms with van der Waals surface area (Å²) in [5.74, 6) is -0.250. The quantitative estimate of drug-likeness (QED) is 0.297. The number of aromatic nitrogens is 1. The lowest BCUT2D eigenvalue weighted by Crippen LogP contribution is -2.44. The smallest absolute Gasteiger partial charge is 0.254 e. The molecule has 1 aromatic heterocycles. The van der Waals surface area contributed by atoms with E-state index in [-0.39, 0.29) is 18.4 Å². The third-order valence-corrected chi connectivity index (χ3v) is 6.42. The summed E-state index contributed by atoms with van der Waals surface area (Å²) < 4.78 is 7.26. The van der Waals surface area contributed by atoms with E-state index in [4.69, 9.17) is 4.74 Å². The standard InChI is InChI=1S/C30H39N3O3/c1-4-5-7-11-25-15-17-27(18-16-25)30(35)32(20-21-36-3)24-29(34)33(22-26-12-8-6-9-13-26)23-28-14-10-19-31(28)2/h6,8-10,12-19H,4-5,7,11,20-24H2,1-3H3. The molecule has 0 radical (unpaired) electrons. The highest BCUT2D eigenvalue weighted by Gasteiger charge is 2.23. The van der Waals surface area contributed by atoms with Gasteiger partial charge in [-0.2, -0.15) is 0 Å². The van der Waals surface area contributed by atoms with E-state index in [1.165, 1.54) is 18.4 Å². The molecule has 0 aliphatic rings. The number of aryl methyl sites for hydroxylation is 2. The highest BCUT2D eigenvalue weighted by Crippen LogP contribution is 2.14. The summed E-state index contributed by atoms with van der Waals surface area (Å²) in [7, 11) is 3.58. The van der Waals surface area contributed by atoms with Crippen molar-refractivity contribution in [2.24, 2.45) is 7.05 Å². The maximum atomic E-state index is 13.6. The number of hydrogen-bond acceptors (Lipinski definition) is 3. The number of unbranched alkanes of at least 4 members (excludes halogenated alkanes) is 2. The van der Waals surface area contributed by atoms with Gasteiger partial charge in [-0.25, -0.2) is 0 Å². The Morgan fingerprint density at radius 2 is 1.61 bits per heavy atom. The van der Waals surface area contributed by atoms with Crippen molar-refractivity contribution < 1.29 is 14.3 Å². The SMILES string of the molecule is CCCCCc1ccc(C(=O)N(CCOC)CC(=O)N(Cc2ccccc2)Cc2cccn2C)cc1. The van der Waals surface area contributed by atoms with Gasteiger partial charge in [0.05, 0.1) is 13.2 Å². The van der Waals surface area contributed by atoms with Crippen LogP contribution in [0.4, 0.5) is 0 Å². The Labute approximate surface area is 215 Å². The lowest BCUT2D eigenvalue weighted by Gasteiger charge is -2.28. The van der Waals surface area contributed by atoms with E-state index in [1.54, 1.807) is 12.0 Å². The van der Waals surface area contributed by atoms with Crippen molar-refractivity contribution in [3.8, 4) is 0 Å². The van der Waals surface area contributed by atoms with Crippen molar-refractivity contribution in [2.45, 2.75) is 45.7 Å². The van der Waals surface area contributed by atoms with Crippen LogP contribution in [-0.2, 0) is 36.1 Å². The van der Waals surface area contributed by atoms with Crippen molar-refractivity contribution in [3.05, 3.63) is 95.3 Å². The molecule has 0 saturated heterocycles. The first kappa shape index (κ1) is 27.2. The minimum Gasteiger partial charge on any atom is -0.383 e. The summed E-state index contributed by atoms with van der Waals surface area (Å²) in [6, 6.07) is 21.7. The van der Waals surface area contributed by atoms with Gasteiger partial charge in [-0.05, 0) is 48.2 Å². The number of carbonyl (C=O) groups excluding carboxylic acids is 2. The molecule has 0 fully saturated rings. The van der Waals surface area contributed by atoms with Crippen LogP contribution < -0.4 is 0 Å². The van der Waals surface area contributed by atoms with Gasteiger partial charge < -0.3 is 19.1 Å². The largest absolute Gasteiger partial charge is 0.383 e. The highest BCUT2D eigenvalue weighted by molar-refractivity contribution is 5.96. The summed E-state index contributed by atoms with van der Waals surface area (Å²) in [6.07, 6.45) is 6.53. The van der Waals surface area contributed by atoms with E-state index in [0.717, 1.165) is 24.1 Å². The zero-order valence-electron chi connectivity index (χ0n) is 21.9. The summed E-state index contributed by atoms with van der Waals surface area (Å²) in [4.78, 5) is 30.4. The number of nitrogens with zero attached hydrogens (tertiary/aromatic N) is 3. The van der Waals surface area contributed by atoms with Crippen LogP contribution in [0, 0.1) is 0 Å². The molecule has 0 aliphatic heterocycles. The first-order chi connectivity index (χ1) is 17.5. The second-order valence-corrected chi connectivity index (χ2v) is 9.22. The van der Waals surface area contributed by atoms with Crippen LogP contribution in [0.1, 0.15) is 53.4 Å². The van der Waals surface area contributed by atoms with E-state index in [0.29, 0.717) is 31.8 Å². The Bertz CT molecular complexity index is 1080. The minimum atomic E-state index is -0.154. The molecule has 0 bridgehead atoms. The Hall–Kier alpha value is -3.38. The van der Waals surface area contributed by atoms with Crippen LogP contribution in [0.5, 0.6) is 0 Å². The summed E-state index contributed by atoms with van der Waals surface area (Å²) in [5.41, 5.74) is 3.91. The molecule has 6 nitrogen and oxygen atoms in total. The molecule has 36 heavy (non-hydrogen) atoms. The molecule has 0 N–H and O–H groups in total. The van der Waals surface area contributed by atoms with Gasteiger partial charge in [0.1, 0.15) is 6.54 Å². The minimum absolute atomic E-state index is 0.00228. The number of benzene rings is 2. The molecule has 3 rings (SSSR count). The zero-order valence-corrected chi connectivity index (χ0v) is 21.9. The van der Waals surface area contributed by atoms with Gasteiger partial charge in [0.15, 0.2) is 0 Å². The normalized spacial score (nSPS) is 10.9. The van der Waals surface area contributed by atoms with Crippen LogP contribution in [0.25, 0.3) is 0 Å². The molecular formula is C30H39N3O3. The molecule has 1 heterocycles. The van der Waals surface area contributed by atoms with Crippen molar-refractivity contribution in [1.29, 1.82) is 0 Å². The highest BCUT2D eigenvalue weighted by atomic mass is 16.5. The number of methoxy groups -OCH3 is 1. The molecular weight excluding hydrogens is 450 g/mol. The Morgan fingerprint density at radius 3 is 2.25 bits per heavy atom. The van der Waals surface area contributed by atoms with E-state index in [2.05, 4.69) is 6.92 Å². The number of ether oxygens (including phenoxy) is 1. The fourth-order valence-electron chi connectivity index (χ4n) is 4.19. The molecule has 0 unspecified atom stereocenters. The number of carbonyl (C=O) groups is 2. The molecule has 0 aliphatic carbocycles. The molecule has 0 atom stereocenters. The summed E-state index contributed by atoms with van der Waals surface area (Å²) >= 11 is 0. The van der Waals surface area contributed by atoms with Crippen LogP contribution >= 0.6 is 0 Å². The van der Waals surface area contributed by atoms with Crippen molar-refractivity contribution >= 4 is 11.8 Å². The second-order valence-electron chi connectivity index (χ2n) is 9.22.